The van der Waals surface area contributed by atoms with Crippen LogP contribution in [-0.4, -0.2) is 40.2 Å². The predicted octanol–water partition coefficient (Wildman–Crippen LogP) is -1.47. The second-order valence-electron chi connectivity index (χ2n) is 3.33. The molecule has 0 amide bonds. The summed E-state index contributed by atoms with van der Waals surface area (Å²) in [5.74, 6) is 1.55. The summed E-state index contributed by atoms with van der Waals surface area (Å²) in [4.78, 5) is 7.86. The lowest BCUT2D eigenvalue weighted by atomic mass is 10.2. The summed E-state index contributed by atoms with van der Waals surface area (Å²) in [6.45, 7) is 0.741. The minimum Gasteiger partial charge on any atom is -0.412 e. The third-order valence-electron chi connectivity index (χ3n) is 2.08. The van der Waals surface area contributed by atoms with Gasteiger partial charge in [0.15, 0.2) is 6.19 Å². The molecule has 7 N–H and O–H groups in total. The van der Waals surface area contributed by atoms with Crippen molar-refractivity contribution in [2.24, 2.45) is 4.99 Å². The van der Waals surface area contributed by atoms with Crippen LogP contribution in [0.1, 0.15) is 18.7 Å². The number of guanidine groups is 1. The first-order chi connectivity index (χ1) is 8.26. The van der Waals surface area contributed by atoms with Gasteiger partial charge in [-0.1, -0.05) is 0 Å². The first-order valence-corrected chi connectivity index (χ1v) is 5.28. The smallest absolute Gasteiger partial charge is 0.239 e. The van der Waals surface area contributed by atoms with E-state index in [1.165, 1.54) is 0 Å². The number of hydrogen-bond donors (Lipinski definition) is 4. The fourth-order valence-electron chi connectivity index (χ4n) is 1.28. The fourth-order valence-corrected chi connectivity index (χ4v) is 1.28. The lowest BCUT2D eigenvalue weighted by molar-refractivity contribution is 0.685. The molecule has 0 fully saturated rings. The molecule has 100 valence electrons. The molecule has 9 heteroatoms. The number of aromatic amines is 1. The third kappa shape index (κ3) is 5.66. The van der Waals surface area contributed by atoms with Gasteiger partial charge in [-0.15, -0.1) is 5.10 Å². The Labute approximate surface area is 105 Å². The molecule has 0 aromatic carbocycles. The van der Waals surface area contributed by atoms with Gasteiger partial charge >= 0.3 is 0 Å². The monoisotopic (exact) mass is 254 g/mol. The number of unbranched alkanes of at least 4 members (excludes halogenated alkanes) is 1. The highest BCUT2D eigenvalue weighted by atomic mass is 16.0. The maximum atomic E-state index is 8.41. The van der Waals surface area contributed by atoms with Gasteiger partial charge in [-0.05, 0) is 12.8 Å². The SMILES string of the molecule is CN=C(NC#N)NCCCCc1nc(N)n[nH]1.O. The Morgan fingerprint density at radius 3 is 2.89 bits per heavy atom. The highest BCUT2D eigenvalue weighted by Gasteiger charge is 1.99. The molecule has 0 aliphatic carbocycles. The van der Waals surface area contributed by atoms with Crippen LogP contribution in [0, 0.1) is 11.5 Å². The van der Waals surface area contributed by atoms with E-state index in [4.69, 9.17) is 11.0 Å². The van der Waals surface area contributed by atoms with Crippen LogP contribution >= 0.6 is 0 Å². The molecule has 0 saturated heterocycles. The van der Waals surface area contributed by atoms with Crippen molar-refractivity contribution in [2.75, 3.05) is 19.3 Å². The van der Waals surface area contributed by atoms with Crippen LogP contribution in [0.15, 0.2) is 4.99 Å². The number of H-pyrrole nitrogens is 1. The van der Waals surface area contributed by atoms with Crippen LogP contribution in [0.25, 0.3) is 0 Å². The van der Waals surface area contributed by atoms with E-state index in [-0.39, 0.29) is 11.4 Å². The molecule has 0 saturated carbocycles. The summed E-state index contributed by atoms with van der Waals surface area (Å²) in [6, 6.07) is 0. The lowest BCUT2D eigenvalue weighted by Gasteiger charge is -2.05. The van der Waals surface area contributed by atoms with Gasteiger partial charge in [-0.2, -0.15) is 10.2 Å². The Balaban J connectivity index is 0.00000289. The van der Waals surface area contributed by atoms with E-state index in [1.54, 1.807) is 7.05 Å². The van der Waals surface area contributed by atoms with E-state index in [0.717, 1.165) is 31.6 Å². The van der Waals surface area contributed by atoms with Crippen molar-refractivity contribution >= 4 is 11.9 Å². The highest BCUT2D eigenvalue weighted by Crippen LogP contribution is 1.99. The van der Waals surface area contributed by atoms with Crippen LogP contribution in [-0.2, 0) is 6.42 Å². The summed E-state index contributed by atoms with van der Waals surface area (Å²) >= 11 is 0. The molecular formula is C9H18N8O. The summed E-state index contributed by atoms with van der Waals surface area (Å²) in [5, 5.41) is 20.4. The molecule has 0 aliphatic rings. The summed E-state index contributed by atoms with van der Waals surface area (Å²) in [6.07, 6.45) is 4.50. The molecule has 9 nitrogen and oxygen atoms in total. The van der Waals surface area contributed by atoms with Crippen molar-refractivity contribution in [3.8, 4) is 6.19 Å². The van der Waals surface area contributed by atoms with Gasteiger partial charge in [0, 0.05) is 20.0 Å². The summed E-state index contributed by atoms with van der Waals surface area (Å²) < 4.78 is 0. The molecule has 1 aromatic rings. The minimum absolute atomic E-state index is 0. The average molecular weight is 254 g/mol. The zero-order valence-corrected chi connectivity index (χ0v) is 10.2. The number of rotatable bonds is 5. The highest BCUT2D eigenvalue weighted by molar-refractivity contribution is 5.80. The second-order valence-corrected chi connectivity index (χ2v) is 3.33. The molecule has 1 aromatic heterocycles. The van der Waals surface area contributed by atoms with Crippen LogP contribution < -0.4 is 16.4 Å². The van der Waals surface area contributed by atoms with E-state index < -0.39 is 0 Å². The van der Waals surface area contributed by atoms with Gasteiger partial charge in [0.25, 0.3) is 0 Å². The topological polar surface area (TPSA) is 159 Å². The molecule has 0 aliphatic heterocycles. The van der Waals surface area contributed by atoms with Crippen LogP contribution in [0.5, 0.6) is 0 Å². The quantitative estimate of drug-likeness (QED) is 0.165. The van der Waals surface area contributed by atoms with Crippen LogP contribution in [0.4, 0.5) is 5.95 Å². The van der Waals surface area contributed by atoms with Crippen LogP contribution in [0.3, 0.4) is 0 Å². The normalized spacial score (nSPS) is 10.3. The Kier molecular flexibility index (Phi) is 7.63. The molecule has 1 heterocycles. The molecule has 1 rings (SSSR count). The average Bonchev–Trinajstić information content (AvgIpc) is 2.73. The number of nitrogen functional groups attached to an aromatic ring is 1. The molecular weight excluding hydrogens is 236 g/mol. The Bertz CT molecular complexity index is 407. The van der Waals surface area contributed by atoms with E-state index in [1.807, 2.05) is 6.19 Å². The maximum Gasteiger partial charge on any atom is 0.239 e. The standard InChI is InChI=1S/C9H16N8.H2O/c1-12-9(14-6-10)13-5-3-2-4-7-15-8(11)17-16-7;/h2-5H2,1H3,(H2,12,13,14)(H3,11,15,16,17);1H2. The van der Waals surface area contributed by atoms with E-state index in [0.29, 0.717) is 5.96 Å². The molecule has 0 bridgehead atoms. The van der Waals surface area contributed by atoms with Gasteiger partial charge in [0.05, 0.1) is 0 Å². The third-order valence-corrected chi connectivity index (χ3v) is 2.08. The van der Waals surface area contributed by atoms with E-state index in [9.17, 15) is 0 Å². The zero-order valence-electron chi connectivity index (χ0n) is 10.2. The number of aryl methyl sites for hydroxylation is 1. The number of nitriles is 1. The van der Waals surface area contributed by atoms with Crippen molar-refractivity contribution in [3.05, 3.63) is 5.82 Å². The number of nitrogens with one attached hydrogen (secondary N) is 3. The van der Waals surface area contributed by atoms with Crippen molar-refractivity contribution in [1.82, 2.24) is 25.8 Å². The number of anilines is 1. The number of aromatic nitrogens is 3. The molecule has 0 unspecified atom stereocenters. The van der Waals surface area contributed by atoms with Crippen molar-refractivity contribution in [2.45, 2.75) is 19.3 Å². The first kappa shape index (κ1) is 15.7. The molecule has 18 heavy (non-hydrogen) atoms. The van der Waals surface area contributed by atoms with Crippen LogP contribution in [0.2, 0.25) is 0 Å². The molecule has 0 atom stereocenters. The molecule has 0 radical (unpaired) electrons. The van der Waals surface area contributed by atoms with Gasteiger partial charge < -0.3 is 16.5 Å². The van der Waals surface area contributed by atoms with Crippen molar-refractivity contribution < 1.29 is 5.48 Å². The first-order valence-electron chi connectivity index (χ1n) is 5.28. The molecule has 0 spiro atoms. The van der Waals surface area contributed by atoms with E-state index in [2.05, 4.69) is 30.8 Å². The fraction of sp³-hybridized carbons (Fsp3) is 0.556. The Hall–Kier alpha value is -2.34. The largest absolute Gasteiger partial charge is 0.412 e. The summed E-state index contributed by atoms with van der Waals surface area (Å²) in [7, 11) is 1.62. The number of nitrogens with two attached hydrogens (primary N) is 1. The number of aliphatic imine (C=N–C) groups is 1. The van der Waals surface area contributed by atoms with Gasteiger partial charge in [-0.3, -0.25) is 15.4 Å². The summed E-state index contributed by atoms with van der Waals surface area (Å²) in [5.41, 5.74) is 5.38. The van der Waals surface area contributed by atoms with E-state index >= 15 is 0 Å². The van der Waals surface area contributed by atoms with Gasteiger partial charge in [-0.25, -0.2) is 0 Å². The van der Waals surface area contributed by atoms with Crippen molar-refractivity contribution in [1.29, 1.82) is 5.26 Å². The van der Waals surface area contributed by atoms with Gasteiger partial charge in [0.2, 0.25) is 11.9 Å². The Morgan fingerprint density at radius 2 is 2.33 bits per heavy atom. The lowest BCUT2D eigenvalue weighted by Crippen LogP contribution is -2.34. The second kappa shape index (κ2) is 8.77. The number of nitrogens with zero attached hydrogens (tertiary/aromatic N) is 4. The minimum atomic E-state index is 0. The maximum absolute atomic E-state index is 8.41. The number of hydrogen-bond acceptors (Lipinski definition) is 5. The van der Waals surface area contributed by atoms with Gasteiger partial charge in [0.1, 0.15) is 5.82 Å². The predicted molar refractivity (Wildman–Crippen MR) is 67.5 cm³/mol. The zero-order chi connectivity index (χ0) is 12.5. The van der Waals surface area contributed by atoms with Crippen molar-refractivity contribution in [3.63, 3.8) is 0 Å². The Morgan fingerprint density at radius 1 is 1.56 bits per heavy atom.